The predicted octanol–water partition coefficient (Wildman–Crippen LogP) is 3.25. The van der Waals surface area contributed by atoms with Gasteiger partial charge in [-0.05, 0) is 55.7 Å². The second-order valence-electron chi connectivity index (χ2n) is 9.28. The largest absolute Gasteiger partial charge is 0.484 e. The van der Waals surface area contributed by atoms with Crippen LogP contribution in [0.3, 0.4) is 0 Å². The van der Waals surface area contributed by atoms with Crippen LogP contribution in [-0.2, 0) is 20.9 Å². The number of amides is 2. The molecule has 4 rings (SSSR count). The van der Waals surface area contributed by atoms with E-state index < -0.39 is 0 Å². The van der Waals surface area contributed by atoms with Gasteiger partial charge in [-0.2, -0.15) is 0 Å². The molecule has 35 heavy (non-hydrogen) atoms. The fraction of sp³-hybridized carbons (Fsp3) is 0.481. The highest BCUT2D eigenvalue weighted by atomic mass is 16.5. The molecule has 2 aliphatic rings. The van der Waals surface area contributed by atoms with Gasteiger partial charge in [-0.3, -0.25) is 19.4 Å². The molecular formula is C27H33N3O5. The van der Waals surface area contributed by atoms with E-state index in [4.69, 9.17) is 9.47 Å². The lowest BCUT2D eigenvalue weighted by Gasteiger charge is -2.34. The molecule has 0 unspecified atom stereocenters. The quantitative estimate of drug-likeness (QED) is 0.540. The van der Waals surface area contributed by atoms with Crippen molar-refractivity contribution in [3.63, 3.8) is 0 Å². The Labute approximate surface area is 206 Å². The lowest BCUT2D eigenvalue weighted by atomic mass is 9.94. The van der Waals surface area contributed by atoms with Crippen molar-refractivity contribution in [2.75, 3.05) is 26.2 Å². The molecule has 1 saturated heterocycles. The molecule has 1 aromatic heterocycles. The highest BCUT2D eigenvalue weighted by molar-refractivity contribution is 5.94. The molecule has 1 aromatic carbocycles. The van der Waals surface area contributed by atoms with E-state index in [1.54, 1.807) is 41.6 Å². The normalized spacial score (nSPS) is 19.3. The van der Waals surface area contributed by atoms with Gasteiger partial charge in [0, 0.05) is 37.1 Å². The minimum atomic E-state index is -0.303. The van der Waals surface area contributed by atoms with Crippen LogP contribution in [0.5, 0.6) is 5.75 Å². The predicted molar refractivity (Wildman–Crippen MR) is 130 cm³/mol. The Kier molecular flexibility index (Phi) is 8.47. The van der Waals surface area contributed by atoms with Crippen LogP contribution in [-0.4, -0.2) is 70.8 Å². The molecule has 0 radical (unpaired) electrons. The van der Waals surface area contributed by atoms with Crippen molar-refractivity contribution in [2.24, 2.45) is 0 Å². The molecule has 8 heteroatoms. The van der Waals surface area contributed by atoms with E-state index >= 15 is 0 Å². The molecule has 0 N–H and O–H groups in total. The first-order chi connectivity index (χ1) is 17.0. The summed E-state index contributed by atoms with van der Waals surface area (Å²) in [6.07, 6.45) is 8.60. The van der Waals surface area contributed by atoms with E-state index in [1.807, 2.05) is 17.0 Å². The third-order valence-corrected chi connectivity index (χ3v) is 6.67. The number of aromatic nitrogens is 1. The van der Waals surface area contributed by atoms with Crippen LogP contribution in [0.2, 0.25) is 0 Å². The van der Waals surface area contributed by atoms with Gasteiger partial charge in [0.15, 0.2) is 12.4 Å². The Hall–Kier alpha value is -3.26. The number of ether oxygens (including phenoxy) is 2. The monoisotopic (exact) mass is 479 g/mol. The van der Waals surface area contributed by atoms with Crippen LogP contribution in [0.4, 0.5) is 0 Å². The molecule has 1 aliphatic heterocycles. The molecule has 1 aliphatic carbocycles. The molecule has 2 fully saturated rings. The van der Waals surface area contributed by atoms with Gasteiger partial charge < -0.3 is 19.3 Å². The van der Waals surface area contributed by atoms with Crippen molar-refractivity contribution >= 4 is 17.6 Å². The summed E-state index contributed by atoms with van der Waals surface area (Å²) >= 11 is 0. The van der Waals surface area contributed by atoms with Gasteiger partial charge in [-0.15, -0.1) is 0 Å². The van der Waals surface area contributed by atoms with Crippen molar-refractivity contribution in [2.45, 2.75) is 57.8 Å². The molecule has 0 bridgehead atoms. The van der Waals surface area contributed by atoms with E-state index in [0.717, 1.165) is 31.2 Å². The van der Waals surface area contributed by atoms with Crippen LogP contribution in [0.15, 0.2) is 48.8 Å². The van der Waals surface area contributed by atoms with E-state index in [9.17, 15) is 14.4 Å². The molecule has 2 heterocycles. The van der Waals surface area contributed by atoms with E-state index in [1.165, 1.54) is 13.3 Å². The highest BCUT2D eigenvalue weighted by Gasteiger charge is 2.35. The van der Waals surface area contributed by atoms with Crippen molar-refractivity contribution in [1.29, 1.82) is 0 Å². The van der Waals surface area contributed by atoms with Crippen LogP contribution >= 0.6 is 0 Å². The summed E-state index contributed by atoms with van der Waals surface area (Å²) in [6.45, 7) is 2.49. The maximum Gasteiger partial charge on any atom is 0.261 e. The van der Waals surface area contributed by atoms with Crippen molar-refractivity contribution in [3.8, 4) is 5.75 Å². The van der Waals surface area contributed by atoms with Gasteiger partial charge in [0.25, 0.3) is 5.91 Å². The molecule has 2 amide bonds. The van der Waals surface area contributed by atoms with Gasteiger partial charge in [-0.1, -0.05) is 25.3 Å². The lowest BCUT2D eigenvalue weighted by molar-refractivity contribution is -0.141. The number of Topliss-reactive ketones (excluding diaryl/α,β-unsaturated/α-hetero) is 1. The zero-order chi connectivity index (χ0) is 24.6. The van der Waals surface area contributed by atoms with Crippen LogP contribution < -0.4 is 4.74 Å². The third kappa shape index (κ3) is 6.88. The first-order valence-electron chi connectivity index (χ1n) is 12.3. The molecule has 1 atom stereocenters. The number of hydrogen-bond acceptors (Lipinski definition) is 6. The van der Waals surface area contributed by atoms with Gasteiger partial charge in [0.05, 0.1) is 19.3 Å². The van der Waals surface area contributed by atoms with E-state index in [-0.39, 0.29) is 42.9 Å². The van der Waals surface area contributed by atoms with Crippen molar-refractivity contribution < 1.29 is 23.9 Å². The fourth-order valence-corrected chi connectivity index (χ4v) is 4.70. The molecule has 2 aromatic rings. The standard InChI is InChI=1S/C27H33N3O5/c1-20(31)22-9-11-24(12-10-22)35-19-27(33)29-15-25(34-18-21-6-5-13-28-14-21)16-30(26(32)17-29)23-7-3-2-4-8-23/h5-6,9-14,23,25H,2-4,7-8,15-19H2,1H3/t25-/m1/s1. The van der Waals surface area contributed by atoms with Gasteiger partial charge in [0.2, 0.25) is 5.91 Å². The zero-order valence-corrected chi connectivity index (χ0v) is 20.2. The Morgan fingerprint density at radius 2 is 1.83 bits per heavy atom. The molecular weight excluding hydrogens is 446 g/mol. The third-order valence-electron chi connectivity index (χ3n) is 6.67. The smallest absolute Gasteiger partial charge is 0.261 e. The van der Waals surface area contributed by atoms with Gasteiger partial charge in [-0.25, -0.2) is 0 Å². The maximum absolute atomic E-state index is 13.2. The van der Waals surface area contributed by atoms with Crippen molar-refractivity contribution in [1.82, 2.24) is 14.8 Å². The summed E-state index contributed by atoms with van der Waals surface area (Å²) in [6, 6.07) is 10.7. The van der Waals surface area contributed by atoms with Gasteiger partial charge in [0.1, 0.15) is 5.75 Å². The van der Waals surface area contributed by atoms with Crippen LogP contribution in [0, 0.1) is 0 Å². The first-order valence-corrected chi connectivity index (χ1v) is 12.3. The fourth-order valence-electron chi connectivity index (χ4n) is 4.70. The summed E-state index contributed by atoms with van der Waals surface area (Å²) in [5.74, 6) is 0.159. The Morgan fingerprint density at radius 1 is 1.06 bits per heavy atom. The Bertz CT molecular complexity index is 1010. The molecule has 186 valence electrons. The topological polar surface area (TPSA) is 89.0 Å². The number of pyridine rings is 1. The number of benzene rings is 1. The van der Waals surface area contributed by atoms with Crippen molar-refractivity contribution in [3.05, 3.63) is 59.9 Å². The van der Waals surface area contributed by atoms with Gasteiger partial charge >= 0.3 is 0 Å². The Balaban J connectivity index is 1.42. The second kappa shape index (κ2) is 11.9. The van der Waals surface area contributed by atoms with Crippen LogP contribution in [0.25, 0.3) is 0 Å². The molecule has 8 nitrogen and oxygen atoms in total. The van der Waals surface area contributed by atoms with E-state index in [0.29, 0.717) is 31.0 Å². The van der Waals surface area contributed by atoms with E-state index in [2.05, 4.69) is 4.98 Å². The zero-order valence-electron chi connectivity index (χ0n) is 20.2. The minimum absolute atomic E-state index is 0.0225. The summed E-state index contributed by atoms with van der Waals surface area (Å²) in [7, 11) is 0. The number of ketones is 1. The molecule has 1 saturated carbocycles. The van der Waals surface area contributed by atoms with Crippen LogP contribution in [0.1, 0.15) is 54.9 Å². The average molecular weight is 480 g/mol. The first kappa shape index (κ1) is 24.9. The maximum atomic E-state index is 13.2. The second-order valence-corrected chi connectivity index (χ2v) is 9.28. The lowest BCUT2D eigenvalue weighted by Crippen LogP contribution is -2.46. The summed E-state index contributed by atoms with van der Waals surface area (Å²) in [5.41, 5.74) is 1.53. The number of rotatable bonds is 8. The number of hydrogen-bond donors (Lipinski definition) is 0. The average Bonchev–Trinajstić information content (AvgIpc) is 3.06. The Morgan fingerprint density at radius 3 is 2.51 bits per heavy atom. The summed E-state index contributed by atoms with van der Waals surface area (Å²) in [5, 5.41) is 0. The number of carbonyl (C=O) groups is 3. The minimum Gasteiger partial charge on any atom is -0.484 e. The number of nitrogens with zero attached hydrogens (tertiary/aromatic N) is 3. The highest BCUT2D eigenvalue weighted by Crippen LogP contribution is 2.25. The SMILES string of the molecule is CC(=O)c1ccc(OCC(=O)N2CC(=O)N(C3CCCCC3)C[C@H](OCc3cccnc3)C2)cc1. The number of carbonyl (C=O) groups excluding carboxylic acids is 3. The summed E-state index contributed by atoms with van der Waals surface area (Å²) < 4.78 is 11.9. The summed E-state index contributed by atoms with van der Waals surface area (Å²) in [4.78, 5) is 45.3. The molecule has 0 spiro atoms.